The van der Waals surface area contributed by atoms with Gasteiger partial charge in [0.25, 0.3) is 0 Å². The van der Waals surface area contributed by atoms with Gasteiger partial charge in [0.05, 0.1) is 22.0 Å². The first-order chi connectivity index (χ1) is 17.1. The third kappa shape index (κ3) is 4.62. The first-order valence-corrected chi connectivity index (χ1v) is 13.7. The van der Waals surface area contributed by atoms with Crippen LogP contribution in [-0.4, -0.2) is 35.4 Å². The summed E-state index contributed by atoms with van der Waals surface area (Å²) in [5, 5.41) is 3.80. The normalized spacial score (nSPS) is 15.6. The van der Waals surface area contributed by atoms with Gasteiger partial charge < -0.3 is 14.6 Å². The molecule has 1 atom stereocenters. The molecular formula is C27H25ClN4O3S. The summed E-state index contributed by atoms with van der Waals surface area (Å²) in [5.41, 5.74) is 5.69. The summed E-state index contributed by atoms with van der Waals surface area (Å²) in [5.74, 6) is 1.43. The molecule has 184 valence electrons. The Morgan fingerprint density at radius 3 is 2.44 bits per heavy atom. The summed E-state index contributed by atoms with van der Waals surface area (Å²) in [7, 11) is -3.34. The molecular weight excluding hydrogens is 496 g/mol. The molecule has 2 aromatic heterocycles. The Bertz CT molecular complexity index is 1630. The van der Waals surface area contributed by atoms with E-state index in [0.717, 1.165) is 39.6 Å². The maximum Gasteiger partial charge on any atom is 0.175 e. The van der Waals surface area contributed by atoms with E-state index in [0.29, 0.717) is 16.6 Å². The van der Waals surface area contributed by atoms with Crippen LogP contribution in [0.25, 0.3) is 28.3 Å². The van der Waals surface area contributed by atoms with Crippen LogP contribution < -0.4 is 5.32 Å². The monoisotopic (exact) mass is 520 g/mol. The van der Waals surface area contributed by atoms with E-state index >= 15 is 0 Å². The number of imidazole rings is 1. The fraction of sp³-hybridized carbons (Fsp3) is 0.185. The number of nitrogens with one attached hydrogen (secondary N) is 1. The molecule has 0 radical (unpaired) electrons. The predicted molar refractivity (Wildman–Crippen MR) is 141 cm³/mol. The van der Waals surface area contributed by atoms with Gasteiger partial charge in [0.1, 0.15) is 16.7 Å². The molecule has 0 saturated carbocycles. The van der Waals surface area contributed by atoms with Crippen LogP contribution in [0.15, 0.2) is 71.8 Å². The van der Waals surface area contributed by atoms with Crippen LogP contribution in [0, 0.1) is 13.8 Å². The lowest BCUT2D eigenvalue weighted by Crippen LogP contribution is -2.19. The molecule has 0 fully saturated rings. The molecule has 1 unspecified atom stereocenters. The quantitative estimate of drug-likeness (QED) is 0.355. The fourth-order valence-electron chi connectivity index (χ4n) is 4.35. The first-order valence-electron chi connectivity index (χ1n) is 11.4. The second-order valence-corrected chi connectivity index (χ2v) is 11.2. The molecule has 0 aliphatic carbocycles. The van der Waals surface area contributed by atoms with Crippen molar-refractivity contribution in [1.29, 1.82) is 0 Å². The van der Waals surface area contributed by atoms with Gasteiger partial charge in [-0.1, -0.05) is 35.9 Å². The average molecular weight is 521 g/mol. The van der Waals surface area contributed by atoms with E-state index < -0.39 is 9.84 Å². The lowest BCUT2D eigenvalue weighted by Gasteiger charge is -2.16. The zero-order chi connectivity index (χ0) is 25.6. The summed E-state index contributed by atoms with van der Waals surface area (Å²) in [6.45, 7) is 5.83. The smallest absolute Gasteiger partial charge is 0.175 e. The van der Waals surface area contributed by atoms with E-state index in [4.69, 9.17) is 16.3 Å². The van der Waals surface area contributed by atoms with Gasteiger partial charge in [0.15, 0.2) is 21.8 Å². The first kappa shape index (κ1) is 24.1. The van der Waals surface area contributed by atoms with Gasteiger partial charge in [0, 0.05) is 18.0 Å². The van der Waals surface area contributed by atoms with E-state index in [9.17, 15) is 8.42 Å². The largest absolute Gasteiger partial charge is 0.467 e. The van der Waals surface area contributed by atoms with Gasteiger partial charge in [-0.3, -0.25) is 0 Å². The number of hydrogen-bond acceptors (Lipinski definition) is 6. The Labute approximate surface area is 215 Å². The molecule has 4 aromatic rings. The molecule has 7 nitrogen and oxygen atoms in total. The molecule has 2 aromatic carbocycles. The molecule has 1 aliphatic heterocycles. The van der Waals surface area contributed by atoms with Gasteiger partial charge >= 0.3 is 0 Å². The second-order valence-electron chi connectivity index (χ2n) is 8.79. The summed E-state index contributed by atoms with van der Waals surface area (Å²) in [4.78, 5) is 9.31. The standard InChI is InChI=1S/C27H25ClN4O3S/c1-16-15-32(17(2)29-16)24-12-11-20(19-7-5-8-21(13-19)36(4,33)34)14-22(24)26-27(35-18(3)30-26)23-9-6-10-25(28)31-23/h5-15,18,30H,1-4H3. The van der Waals surface area contributed by atoms with Crippen molar-refractivity contribution in [2.45, 2.75) is 31.9 Å². The molecule has 36 heavy (non-hydrogen) atoms. The Morgan fingerprint density at radius 2 is 1.75 bits per heavy atom. The topological polar surface area (TPSA) is 86.1 Å². The van der Waals surface area contributed by atoms with E-state index in [1.807, 2.05) is 67.9 Å². The molecule has 3 heterocycles. The van der Waals surface area contributed by atoms with Crippen LogP contribution in [0.5, 0.6) is 0 Å². The number of hydrogen-bond donors (Lipinski definition) is 1. The fourth-order valence-corrected chi connectivity index (χ4v) is 5.18. The summed E-state index contributed by atoms with van der Waals surface area (Å²) in [6.07, 6.45) is 2.91. The highest BCUT2D eigenvalue weighted by atomic mass is 35.5. The molecule has 0 bridgehead atoms. The highest BCUT2D eigenvalue weighted by Crippen LogP contribution is 2.37. The third-order valence-corrected chi connectivity index (χ3v) is 7.26. The lowest BCUT2D eigenvalue weighted by molar-refractivity contribution is 0.191. The minimum absolute atomic E-state index is 0.269. The highest BCUT2D eigenvalue weighted by molar-refractivity contribution is 7.90. The number of benzene rings is 2. The minimum atomic E-state index is -3.34. The van der Waals surface area contributed by atoms with Gasteiger partial charge in [0.2, 0.25) is 0 Å². The Hall–Kier alpha value is -3.62. The summed E-state index contributed by atoms with van der Waals surface area (Å²) < 4.78 is 32.5. The van der Waals surface area contributed by atoms with Gasteiger partial charge in [-0.15, -0.1) is 0 Å². The maximum absolute atomic E-state index is 12.2. The average Bonchev–Trinajstić information content (AvgIpc) is 3.39. The van der Waals surface area contributed by atoms with E-state index in [1.165, 1.54) is 6.26 Å². The van der Waals surface area contributed by atoms with Gasteiger partial charge in [-0.2, -0.15) is 0 Å². The van der Waals surface area contributed by atoms with Crippen molar-refractivity contribution in [2.24, 2.45) is 0 Å². The van der Waals surface area contributed by atoms with Crippen LogP contribution in [0.4, 0.5) is 0 Å². The van der Waals surface area contributed by atoms with Crippen molar-refractivity contribution >= 4 is 32.9 Å². The molecule has 0 spiro atoms. The number of rotatable bonds is 5. The minimum Gasteiger partial charge on any atom is -0.467 e. The number of halogens is 1. The Kier molecular flexibility index (Phi) is 6.10. The number of sulfone groups is 1. The highest BCUT2D eigenvalue weighted by Gasteiger charge is 2.28. The molecule has 1 aliphatic rings. The zero-order valence-electron chi connectivity index (χ0n) is 20.3. The van der Waals surface area contributed by atoms with Crippen LogP contribution >= 0.6 is 11.6 Å². The van der Waals surface area contributed by atoms with Crippen molar-refractivity contribution < 1.29 is 13.2 Å². The SMILES string of the molecule is Cc1cn(-c2ccc(-c3cccc(S(C)(=O)=O)c3)cc2C2=C(c3cccc(Cl)n3)OC(C)N2)c(C)n1. The van der Waals surface area contributed by atoms with Crippen molar-refractivity contribution in [2.75, 3.05) is 6.26 Å². The summed E-state index contributed by atoms with van der Waals surface area (Å²) >= 11 is 6.19. The Morgan fingerprint density at radius 1 is 1.00 bits per heavy atom. The number of pyridine rings is 1. The van der Waals surface area contributed by atoms with Crippen molar-refractivity contribution in [3.05, 3.63) is 94.8 Å². The number of ether oxygens (including phenoxy) is 1. The van der Waals surface area contributed by atoms with Gasteiger partial charge in [-0.25, -0.2) is 18.4 Å². The molecule has 0 saturated heterocycles. The van der Waals surface area contributed by atoms with E-state index in [-0.39, 0.29) is 11.1 Å². The van der Waals surface area contributed by atoms with Crippen molar-refractivity contribution in [3.63, 3.8) is 0 Å². The van der Waals surface area contributed by atoms with Crippen LogP contribution in [0.2, 0.25) is 5.15 Å². The maximum atomic E-state index is 12.2. The Balaban J connectivity index is 1.76. The molecule has 0 amide bonds. The van der Waals surface area contributed by atoms with E-state index in [1.54, 1.807) is 24.3 Å². The molecule has 1 N–H and O–H groups in total. The number of aryl methyl sites for hydroxylation is 2. The van der Waals surface area contributed by atoms with Crippen LogP contribution in [0.3, 0.4) is 0 Å². The predicted octanol–water partition coefficient (Wildman–Crippen LogP) is 5.40. The van der Waals surface area contributed by atoms with E-state index in [2.05, 4.69) is 15.3 Å². The molecule has 5 rings (SSSR count). The van der Waals surface area contributed by atoms with Crippen LogP contribution in [0.1, 0.15) is 29.7 Å². The van der Waals surface area contributed by atoms with Crippen molar-refractivity contribution in [1.82, 2.24) is 19.9 Å². The zero-order valence-corrected chi connectivity index (χ0v) is 21.9. The second kappa shape index (κ2) is 9.11. The van der Waals surface area contributed by atoms with Gasteiger partial charge in [-0.05, 0) is 68.3 Å². The molecule has 9 heteroatoms. The lowest BCUT2D eigenvalue weighted by atomic mass is 9.99. The number of nitrogens with zero attached hydrogens (tertiary/aromatic N) is 3. The number of aromatic nitrogens is 3. The summed E-state index contributed by atoms with van der Waals surface area (Å²) in [6, 6.07) is 18.4. The van der Waals surface area contributed by atoms with Crippen LogP contribution in [-0.2, 0) is 14.6 Å². The van der Waals surface area contributed by atoms with Crippen molar-refractivity contribution in [3.8, 4) is 16.8 Å². The third-order valence-electron chi connectivity index (χ3n) is 5.94.